The lowest BCUT2D eigenvalue weighted by atomic mass is 10.1. The van der Waals surface area contributed by atoms with Crippen molar-refractivity contribution in [2.75, 3.05) is 57.9 Å². The average molecular weight is 347 g/mol. The third kappa shape index (κ3) is 5.92. The Kier molecular flexibility index (Phi) is 8.06. The van der Waals surface area contributed by atoms with Gasteiger partial charge in [0.05, 0.1) is 13.2 Å². The molecule has 1 unspecified atom stereocenters. The summed E-state index contributed by atoms with van der Waals surface area (Å²) in [5.41, 5.74) is 2.58. The SMILES string of the molecule is CCNC(=NCCN(CC)c1cccc(C)c1)N1CCC(COC)C1. The number of benzene rings is 1. The number of anilines is 1. The summed E-state index contributed by atoms with van der Waals surface area (Å²) in [5.74, 6) is 1.66. The van der Waals surface area contributed by atoms with Crippen LogP contribution in [0.15, 0.2) is 29.3 Å². The highest BCUT2D eigenvalue weighted by Crippen LogP contribution is 2.17. The van der Waals surface area contributed by atoms with E-state index >= 15 is 0 Å². The van der Waals surface area contributed by atoms with Crippen molar-refractivity contribution in [1.29, 1.82) is 0 Å². The van der Waals surface area contributed by atoms with Crippen LogP contribution in [0.2, 0.25) is 0 Å². The second kappa shape index (κ2) is 10.3. The highest BCUT2D eigenvalue weighted by molar-refractivity contribution is 5.80. The van der Waals surface area contributed by atoms with Crippen LogP contribution in [-0.2, 0) is 4.74 Å². The molecule has 5 nitrogen and oxygen atoms in total. The van der Waals surface area contributed by atoms with E-state index in [1.807, 2.05) is 0 Å². The molecule has 1 atom stereocenters. The van der Waals surface area contributed by atoms with Gasteiger partial charge in [0.15, 0.2) is 5.96 Å². The lowest BCUT2D eigenvalue weighted by Crippen LogP contribution is -2.41. The first-order chi connectivity index (χ1) is 12.2. The number of nitrogens with one attached hydrogen (secondary N) is 1. The monoisotopic (exact) mass is 346 g/mol. The van der Waals surface area contributed by atoms with Crippen molar-refractivity contribution in [2.24, 2.45) is 10.9 Å². The zero-order chi connectivity index (χ0) is 18.1. The van der Waals surface area contributed by atoms with E-state index in [0.717, 1.165) is 51.8 Å². The predicted octanol–water partition coefficient (Wildman–Crippen LogP) is 2.76. The van der Waals surface area contributed by atoms with Gasteiger partial charge in [-0.3, -0.25) is 4.99 Å². The first-order valence-electron chi connectivity index (χ1n) is 9.51. The molecule has 0 bridgehead atoms. The maximum absolute atomic E-state index is 5.31. The van der Waals surface area contributed by atoms with Gasteiger partial charge in [0.1, 0.15) is 0 Å². The predicted molar refractivity (Wildman–Crippen MR) is 107 cm³/mol. The number of rotatable bonds is 8. The Hall–Kier alpha value is -1.75. The average Bonchev–Trinajstić information content (AvgIpc) is 3.06. The van der Waals surface area contributed by atoms with Gasteiger partial charge in [-0.25, -0.2) is 0 Å². The summed E-state index contributed by atoms with van der Waals surface area (Å²) in [6.07, 6.45) is 1.18. The Morgan fingerprint density at radius 3 is 2.92 bits per heavy atom. The molecular formula is C20H34N4O. The van der Waals surface area contributed by atoms with E-state index < -0.39 is 0 Å². The number of methoxy groups -OCH3 is 1. The van der Waals surface area contributed by atoms with Crippen molar-refractivity contribution in [2.45, 2.75) is 27.2 Å². The minimum absolute atomic E-state index is 0.619. The van der Waals surface area contributed by atoms with Crippen LogP contribution in [0, 0.1) is 12.8 Å². The molecule has 1 fully saturated rings. The van der Waals surface area contributed by atoms with Gasteiger partial charge in [0.2, 0.25) is 0 Å². The van der Waals surface area contributed by atoms with Gasteiger partial charge in [0.25, 0.3) is 0 Å². The highest BCUT2D eigenvalue weighted by Gasteiger charge is 2.24. The third-order valence-corrected chi connectivity index (χ3v) is 4.70. The summed E-state index contributed by atoms with van der Waals surface area (Å²) < 4.78 is 5.31. The molecule has 5 heteroatoms. The van der Waals surface area contributed by atoms with Gasteiger partial charge < -0.3 is 19.9 Å². The first-order valence-corrected chi connectivity index (χ1v) is 9.51. The summed E-state index contributed by atoms with van der Waals surface area (Å²) in [4.78, 5) is 9.63. The van der Waals surface area contributed by atoms with Crippen LogP contribution in [0.25, 0.3) is 0 Å². The number of nitrogens with zero attached hydrogens (tertiary/aromatic N) is 3. The number of aliphatic imine (C=N–C) groups is 1. The molecule has 1 heterocycles. The molecule has 0 amide bonds. The van der Waals surface area contributed by atoms with Crippen LogP contribution in [-0.4, -0.2) is 63.8 Å². The molecule has 2 rings (SSSR count). The molecule has 0 saturated carbocycles. The minimum atomic E-state index is 0.619. The molecule has 1 saturated heterocycles. The first kappa shape index (κ1) is 19.6. The fourth-order valence-corrected chi connectivity index (χ4v) is 3.39. The number of aryl methyl sites for hydroxylation is 1. The number of ether oxygens (including phenoxy) is 1. The number of hydrogen-bond donors (Lipinski definition) is 1. The maximum Gasteiger partial charge on any atom is 0.193 e. The lowest BCUT2D eigenvalue weighted by Gasteiger charge is -2.24. The van der Waals surface area contributed by atoms with Crippen molar-refractivity contribution in [3.63, 3.8) is 0 Å². The molecule has 1 aliphatic heterocycles. The van der Waals surface area contributed by atoms with Gasteiger partial charge in [-0.15, -0.1) is 0 Å². The van der Waals surface area contributed by atoms with Crippen molar-refractivity contribution >= 4 is 11.6 Å². The fraction of sp³-hybridized carbons (Fsp3) is 0.650. The Balaban J connectivity index is 1.94. The molecule has 0 radical (unpaired) electrons. The van der Waals surface area contributed by atoms with Crippen LogP contribution in [0.1, 0.15) is 25.8 Å². The van der Waals surface area contributed by atoms with Crippen LogP contribution in [0.5, 0.6) is 0 Å². The molecule has 1 aliphatic rings. The van der Waals surface area contributed by atoms with Crippen molar-refractivity contribution in [3.05, 3.63) is 29.8 Å². The van der Waals surface area contributed by atoms with E-state index in [2.05, 4.69) is 60.2 Å². The van der Waals surface area contributed by atoms with Crippen LogP contribution < -0.4 is 10.2 Å². The van der Waals surface area contributed by atoms with E-state index in [4.69, 9.17) is 9.73 Å². The van der Waals surface area contributed by atoms with E-state index in [1.165, 1.54) is 17.7 Å². The Bertz CT molecular complexity index is 546. The van der Waals surface area contributed by atoms with Crippen molar-refractivity contribution in [1.82, 2.24) is 10.2 Å². The summed E-state index contributed by atoms with van der Waals surface area (Å²) in [7, 11) is 1.78. The molecule has 25 heavy (non-hydrogen) atoms. The normalized spacial score (nSPS) is 17.8. The van der Waals surface area contributed by atoms with E-state index in [1.54, 1.807) is 7.11 Å². The molecule has 0 aliphatic carbocycles. The molecule has 0 aromatic heterocycles. The quantitative estimate of drug-likeness (QED) is 0.580. The molecule has 1 aromatic carbocycles. The summed E-state index contributed by atoms with van der Waals surface area (Å²) in [6, 6.07) is 8.69. The summed E-state index contributed by atoms with van der Waals surface area (Å²) >= 11 is 0. The smallest absolute Gasteiger partial charge is 0.193 e. The molecule has 140 valence electrons. The largest absolute Gasteiger partial charge is 0.384 e. The zero-order valence-corrected chi connectivity index (χ0v) is 16.3. The van der Waals surface area contributed by atoms with Crippen molar-refractivity contribution in [3.8, 4) is 0 Å². The van der Waals surface area contributed by atoms with Gasteiger partial charge in [-0.2, -0.15) is 0 Å². The minimum Gasteiger partial charge on any atom is -0.384 e. The number of hydrogen-bond acceptors (Lipinski definition) is 3. The lowest BCUT2D eigenvalue weighted by molar-refractivity contribution is 0.157. The topological polar surface area (TPSA) is 40.1 Å². The van der Waals surface area contributed by atoms with Gasteiger partial charge in [-0.1, -0.05) is 12.1 Å². The summed E-state index contributed by atoms with van der Waals surface area (Å²) in [6.45, 7) is 13.0. The molecule has 1 N–H and O–H groups in total. The van der Waals surface area contributed by atoms with Crippen LogP contribution >= 0.6 is 0 Å². The fourth-order valence-electron chi connectivity index (χ4n) is 3.39. The van der Waals surface area contributed by atoms with Crippen LogP contribution in [0.4, 0.5) is 5.69 Å². The Morgan fingerprint density at radius 1 is 1.40 bits per heavy atom. The van der Waals surface area contributed by atoms with E-state index in [0.29, 0.717) is 5.92 Å². The zero-order valence-electron chi connectivity index (χ0n) is 16.3. The standard InChI is InChI=1S/C20H34N4O/c1-5-21-20(24-12-10-18(15-24)16-25-4)22-11-13-23(6-2)19-9-7-8-17(3)14-19/h7-9,14,18H,5-6,10-13,15-16H2,1-4H3,(H,21,22). The highest BCUT2D eigenvalue weighted by atomic mass is 16.5. The Labute approximate surface area is 153 Å². The summed E-state index contributed by atoms with van der Waals surface area (Å²) in [5, 5.41) is 3.44. The van der Waals surface area contributed by atoms with Gasteiger partial charge >= 0.3 is 0 Å². The molecule has 0 spiro atoms. The van der Waals surface area contributed by atoms with Crippen LogP contribution in [0.3, 0.4) is 0 Å². The number of guanidine groups is 1. The second-order valence-corrected chi connectivity index (χ2v) is 6.71. The van der Waals surface area contributed by atoms with E-state index in [9.17, 15) is 0 Å². The van der Waals surface area contributed by atoms with Crippen molar-refractivity contribution < 1.29 is 4.74 Å². The third-order valence-electron chi connectivity index (χ3n) is 4.70. The molecule has 1 aromatic rings. The Morgan fingerprint density at radius 2 is 2.24 bits per heavy atom. The maximum atomic E-state index is 5.31. The van der Waals surface area contributed by atoms with Gasteiger partial charge in [0, 0.05) is 51.4 Å². The second-order valence-electron chi connectivity index (χ2n) is 6.71. The number of likely N-dealkylation sites (tertiary alicyclic amines) is 1. The van der Waals surface area contributed by atoms with E-state index in [-0.39, 0.29) is 0 Å². The molecular weight excluding hydrogens is 312 g/mol. The number of likely N-dealkylation sites (N-methyl/N-ethyl adjacent to an activating group) is 1. The van der Waals surface area contributed by atoms with Gasteiger partial charge in [-0.05, 0) is 44.9 Å².